The van der Waals surface area contributed by atoms with Crippen LogP contribution in [-0.2, 0) is 11.2 Å². The molecule has 1 aliphatic heterocycles. The molecule has 1 saturated heterocycles. The van der Waals surface area contributed by atoms with Crippen LogP contribution in [0.2, 0.25) is 0 Å². The van der Waals surface area contributed by atoms with Crippen LogP contribution in [0, 0.1) is 5.92 Å². The summed E-state index contributed by atoms with van der Waals surface area (Å²) in [5.41, 5.74) is 1.32. The minimum absolute atomic E-state index is 0.204. The SMILES string of the molecule is CCC1OCCC1C(Cl)Cc1ccccc1. The fraction of sp³-hybridized carbons (Fsp3) is 0.571. The van der Waals surface area contributed by atoms with E-state index in [-0.39, 0.29) is 5.38 Å². The van der Waals surface area contributed by atoms with Gasteiger partial charge in [0.25, 0.3) is 0 Å². The molecule has 0 N–H and O–H groups in total. The van der Waals surface area contributed by atoms with Crippen molar-refractivity contribution in [3.05, 3.63) is 35.9 Å². The summed E-state index contributed by atoms with van der Waals surface area (Å²) in [7, 11) is 0. The minimum atomic E-state index is 0.204. The summed E-state index contributed by atoms with van der Waals surface area (Å²) in [5.74, 6) is 0.520. The van der Waals surface area contributed by atoms with Gasteiger partial charge in [0.05, 0.1) is 6.10 Å². The molecular weight excluding hydrogens is 220 g/mol. The second kappa shape index (κ2) is 5.70. The Hall–Kier alpha value is -0.530. The molecule has 16 heavy (non-hydrogen) atoms. The van der Waals surface area contributed by atoms with Crippen LogP contribution in [0.1, 0.15) is 25.3 Å². The van der Waals surface area contributed by atoms with E-state index in [1.807, 2.05) is 6.07 Å². The second-order valence-corrected chi connectivity index (χ2v) is 5.04. The third kappa shape index (κ3) is 2.78. The van der Waals surface area contributed by atoms with E-state index in [0.717, 1.165) is 25.9 Å². The number of ether oxygens (including phenoxy) is 1. The molecule has 1 nitrogen and oxygen atoms in total. The fourth-order valence-electron chi connectivity index (χ4n) is 2.49. The molecule has 0 saturated carbocycles. The highest BCUT2D eigenvalue weighted by atomic mass is 35.5. The highest BCUT2D eigenvalue weighted by Crippen LogP contribution is 2.31. The van der Waals surface area contributed by atoms with Crippen molar-refractivity contribution >= 4 is 11.6 Å². The minimum Gasteiger partial charge on any atom is -0.378 e. The molecule has 0 bridgehead atoms. The summed E-state index contributed by atoms with van der Waals surface area (Å²) < 4.78 is 5.69. The second-order valence-electron chi connectivity index (χ2n) is 4.48. The number of hydrogen-bond acceptors (Lipinski definition) is 1. The van der Waals surface area contributed by atoms with Crippen molar-refractivity contribution in [3.8, 4) is 0 Å². The first-order chi connectivity index (χ1) is 7.81. The Labute approximate surface area is 103 Å². The Morgan fingerprint density at radius 2 is 2.12 bits per heavy atom. The summed E-state index contributed by atoms with van der Waals surface area (Å²) in [5, 5.41) is 0.204. The Kier molecular flexibility index (Phi) is 4.25. The first-order valence-electron chi connectivity index (χ1n) is 6.11. The van der Waals surface area contributed by atoms with E-state index in [0.29, 0.717) is 12.0 Å². The summed E-state index contributed by atoms with van der Waals surface area (Å²) >= 11 is 6.52. The highest BCUT2D eigenvalue weighted by molar-refractivity contribution is 6.21. The molecule has 3 unspecified atom stereocenters. The van der Waals surface area contributed by atoms with Crippen molar-refractivity contribution in [3.63, 3.8) is 0 Å². The van der Waals surface area contributed by atoms with E-state index < -0.39 is 0 Å². The molecule has 1 aromatic carbocycles. The van der Waals surface area contributed by atoms with Gasteiger partial charge in [0.2, 0.25) is 0 Å². The van der Waals surface area contributed by atoms with Gasteiger partial charge >= 0.3 is 0 Å². The fourth-order valence-corrected chi connectivity index (χ4v) is 2.96. The molecule has 2 heteroatoms. The van der Waals surface area contributed by atoms with Crippen molar-refractivity contribution in [2.24, 2.45) is 5.92 Å². The zero-order valence-electron chi connectivity index (χ0n) is 9.73. The average Bonchev–Trinajstić information content (AvgIpc) is 2.78. The Morgan fingerprint density at radius 3 is 2.81 bits per heavy atom. The molecule has 1 aromatic rings. The van der Waals surface area contributed by atoms with Crippen molar-refractivity contribution < 1.29 is 4.74 Å². The monoisotopic (exact) mass is 238 g/mol. The number of rotatable bonds is 4. The maximum Gasteiger partial charge on any atom is 0.0615 e. The lowest BCUT2D eigenvalue weighted by Gasteiger charge is -2.22. The highest BCUT2D eigenvalue weighted by Gasteiger charge is 2.32. The molecule has 2 rings (SSSR count). The molecule has 0 radical (unpaired) electrons. The lowest BCUT2D eigenvalue weighted by Crippen LogP contribution is -2.25. The number of halogens is 1. The van der Waals surface area contributed by atoms with Gasteiger partial charge in [0.15, 0.2) is 0 Å². The van der Waals surface area contributed by atoms with Crippen molar-refractivity contribution in [2.75, 3.05) is 6.61 Å². The van der Waals surface area contributed by atoms with Crippen LogP contribution >= 0.6 is 11.6 Å². The third-order valence-corrected chi connectivity index (χ3v) is 3.88. The number of hydrogen-bond donors (Lipinski definition) is 0. The van der Waals surface area contributed by atoms with Gasteiger partial charge in [-0.3, -0.25) is 0 Å². The normalized spacial score (nSPS) is 26.9. The van der Waals surface area contributed by atoms with Crippen molar-refractivity contribution in [1.82, 2.24) is 0 Å². The average molecular weight is 239 g/mol. The molecule has 1 heterocycles. The summed E-state index contributed by atoms with van der Waals surface area (Å²) in [6, 6.07) is 10.5. The molecule has 0 spiro atoms. The van der Waals surface area contributed by atoms with E-state index in [4.69, 9.17) is 16.3 Å². The van der Waals surface area contributed by atoms with Crippen LogP contribution < -0.4 is 0 Å². The van der Waals surface area contributed by atoms with Crippen LogP contribution in [0.5, 0.6) is 0 Å². The Balaban J connectivity index is 1.95. The van der Waals surface area contributed by atoms with Crippen LogP contribution in [0.3, 0.4) is 0 Å². The third-order valence-electron chi connectivity index (χ3n) is 3.40. The molecule has 0 aliphatic carbocycles. The van der Waals surface area contributed by atoms with Gasteiger partial charge < -0.3 is 4.74 Å². The molecule has 0 aromatic heterocycles. The summed E-state index contributed by atoms with van der Waals surface area (Å²) in [6.07, 6.45) is 3.50. The Bertz CT molecular complexity index is 312. The van der Waals surface area contributed by atoms with E-state index >= 15 is 0 Å². The first-order valence-corrected chi connectivity index (χ1v) is 6.54. The van der Waals surface area contributed by atoms with Gasteiger partial charge in [0, 0.05) is 17.9 Å². The van der Waals surface area contributed by atoms with Crippen LogP contribution in [-0.4, -0.2) is 18.1 Å². The molecule has 88 valence electrons. The topological polar surface area (TPSA) is 9.23 Å². The van der Waals surface area contributed by atoms with Gasteiger partial charge in [-0.2, -0.15) is 0 Å². The standard InChI is InChI=1S/C14H19ClO/c1-2-14-12(8-9-16-14)13(15)10-11-6-4-3-5-7-11/h3-7,12-14H,2,8-10H2,1H3. The largest absolute Gasteiger partial charge is 0.378 e. The van der Waals surface area contributed by atoms with Gasteiger partial charge in [-0.1, -0.05) is 37.3 Å². The van der Waals surface area contributed by atoms with Gasteiger partial charge in [-0.05, 0) is 24.8 Å². The molecule has 3 atom stereocenters. The maximum absolute atomic E-state index is 6.52. The van der Waals surface area contributed by atoms with Crippen molar-refractivity contribution in [1.29, 1.82) is 0 Å². The van der Waals surface area contributed by atoms with E-state index in [1.165, 1.54) is 5.56 Å². The lowest BCUT2D eigenvalue weighted by atomic mass is 9.92. The van der Waals surface area contributed by atoms with Crippen LogP contribution in [0.4, 0.5) is 0 Å². The van der Waals surface area contributed by atoms with E-state index in [1.54, 1.807) is 0 Å². The predicted molar refractivity (Wildman–Crippen MR) is 67.9 cm³/mol. The van der Waals surface area contributed by atoms with Gasteiger partial charge in [-0.25, -0.2) is 0 Å². The smallest absolute Gasteiger partial charge is 0.0615 e. The summed E-state index contributed by atoms with van der Waals surface area (Å²) in [6.45, 7) is 3.05. The van der Waals surface area contributed by atoms with Crippen LogP contribution in [0.25, 0.3) is 0 Å². The number of alkyl halides is 1. The zero-order valence-corrected chi connectivity index (χ0v) is 10.5. The maximum atomic E-state index is 6.52. The molecule has 1 fully saturated rings. The lowest BCUT2D eigenvalue weighted by molar-refractivity contribution is 0.0865. The zero-order chi connectivity index (χ0) is 11.4. The van der Waals surface area contributed by atoms with E-state index in [2.05, 4.69) is 31.2 Å². The Morgan fingerprint density at radius 1 is 1.38 bits per heavy atom. The van der Waals surface area contributed by atoms with Gasteiger partial charge in [0.1, 0.15) is 0 Å². The predicted octanol–water partition coefficient (Wildman–Crippen LogP) is 3.65. The van der Waals surface area contributed by atoms with Crippen molar-refractivity contribution in [2.45, 2.75) is 37.7 Å². The van der Waals surface area contributed by atoms with Gasteiger partial charge in [-0.15, -0.1) is 11.6 Å². The molecule has 1 aliphatic rings. The summed E-state index contributed by atoms with van der Waals surface area (Å²) in [4.78, 5) is 0. The molecule has 0 amide bonds. The quantitative estimate of drug-likeness (QED) is 0.728. The molecular formula is C14H19ClO. The van der Waals surface area contributed by atoms with E-state index in [9.17, 15) is 0 Å². The number of benzene rings is 1. The first kappa shape index (κ1) is 11.9. The van der Waals surface area contributed by atoms with Crippen LogP contribution in [0.15, 0.2) is 30.3 Å².